The lowest BCUT2D eigenvalue weighted by Crippen LogP contribution is -2.01. The smallest absolute Gasteiger partial charge is 0.154 e. The Bertz CT molecular complexity index is 496. The van der Waals surface area contributed by atoms with E-state index in [0.717, 1.165) is 14.9 Å². The van der Waals surface area contributed by atoms with Crippen LogP contribution in [-0.2, 0) is 6.54 Å². The number of rotatable bonds is 3. The van der Waals surface area contributed by atoms with Crippen molar-refractivity contribution >= 4 is 23.1 Å². The fraction of sp³-hybridized carbons (Fsp3) is 0.182. The molecular formula is C11H11FN2S2. The van der Waals surface area contributed by atoms with Crippen molar-refractivity contribution in [2.45, 2.75) is 22.7 Å². The summed E-state index contributed by atoms with van der Waals surface area (Å²) in [6, 6.07) is 4.99. The van der Waals surface area contributed by atoms with E-state index in [0.29, 0.717) is 5.56 Å². The van der Waals surface area contributed by atoms with Gasteiger partial charge < -0.3 is 5.73 Å². The van der Waals surface area contributed by atoms with Crippen LogP contribution >= 0.6 is 23.1 Å². The topological polar surface area (TPSA) is 38.9 Å². The fourth-order valence-corrected chi connectivity index (χ4v) is 3.26. The van der Waals surface area contributed by atoms with Gasteiger partial charge in [-0.25, -0.2) is 9.37 Å². The molecule has 2 aromatic rings. The Kier molecular flexibility index (Phi) is 3.58. The van der Waals surface area contributed by atoms with Crippen LogP contribution in [0.15, 0.2) is 32.8 Å². The molecule has 0 spiro atoms. The zero-order valence-electron chi connectivity index (χ0n) is 8.74. The molecule has 0 amide bonds. The van der Waals surface area contributed by atoms with E-state index in [2.05, 4.69) is 4.98 Å². The first-order chi connectivity index (χ1) is 7.70. The predicted molar refractivity (Wildman–Crippen MR) is 65.3 cm³/mol. The van der Waals surface area contributed by atoms with Crippen molar-refractivity contribution in [3.8, 4) is 0 Å². The Morgan fingerprint density at radius 1 is 1.50 bits per heavy atom. The van der Waals surface area contributed by atoms with Crippen molar-refractivity contribution < 1.29 is 4.39 Å². The molecule has 2 nitrogen and oxygen atoms in total. The highest BCUT2D eigenvalue weighted by Gasteiger charge is 2.09. The minimum absolute atomic E-state index is 0.208. The monoisotopic (exact) mass is 254 g/mol. The molecule has 0 bridgehead atoms. The number of aromatic nitrogens is 1. The maximum absolute atomic E-state index is 13.4. The summed E-state index contributed by atoms with van der Waals surface area (Å²) in [6.45, 7) is 2.15. The highest BCUT2D eigenvalue weighted by atomic mass is 32.2. The van der Waals surface area contributed by atoms with Crippen molar-refractivity contribution in [3.63, 3.8) is 0 Å². The zero-order chi connectivity index (χ0) is 11.5. The van der Waals surface area contributed by atoms with E-state index in [1.807, 2.05) is 18.4 Å². The highest BCUT2D eigenvalue weighted by Crippen LogP contribution is 2.33. The number of hydrogen-bond acceptors (Lipinski definition) is 4. The van der Waals surface area contributed by atoms with Gasteiger partial charge in [0.15, 0.2) is 4.34 Å². The molecule has 1 heterocycles. The molecule has 16 heavy (non-hydrogen) atoms. The van der Waals surface area contributed by atoms with E-state index >= 15 is 0 Å². The molecule has 84 valence electrons. The minimum atomic E-state index is -0.249. The first-order valence-corrected chi connectivity index (χ1v) is 6.47. The van der Waals surface area contributed by atoms with E-state index in [-0.39, 0.29) is 12.4 Å². The van der Waals surface area contributed by atoms with Gasteiger partial charge in [0, 0.05) is 28.1 Å². The quantitative estimate of drug-likeness (QED) is 0.914. The third-order valence-electron chi connectivity index (χ3n) is 2.08. The summed E-state index contributed by atoms with van der Waals surface area (Å²) in [5.74, 6) is -0.249. The maximum Gasteiger partial charge on any atom is 0.154 e. The van der Waals surface area contributed by atoms with Gasteiger partial charge in [-0.15, -0.1) is 11.3 Å². The average Bonchev–Trinajstić information content (AvgIpc) is 2.64. The van der Waals surface area contributed by atoms with Crippen LogP contribution in [-0.4, -0.2) is 4.98 Å². The van der Waals surface area contributed by atoms with Gasteiger partial charge in [0.1, 0.15) is 5.82 Å². The molecular weight excluding hydrogens is 243 g/mol. The average molecular weight is 254 g/mol. The van der Waals surface area contributed by atoms with Gasteiger partial charge >= 0.3 is 0 Å². The first-order valence-electron chi connectivity index (χ1n) is 4.78. The number of thiazole rings is 1. The highest BCUT2D eigenvalue weighted by molar-refractivity contribution is 8.01. The second kappa shape index (κ2) is 4.95. The molecule has 5 heteroatoms. The maximum atomic E-state index is 13.4. The molecule has 0 fully saturated rings. The lowest BCUT2D eigenvalue weighted by molar-refractivity contribution is 0.604. The number of nitrogens with zero attached hydrogens (tertiary/aromatic N) is 1. The molecule has 0 aliphatic heterocycles. The van der Waals surface area contributed by atoms with Gasteiger partial charge in [0.2, 0.25) is 0 Å². The number of halogens is 1. The lowest BCUT2D eigenvalue weighted by atomic mass is 10.2. The summed E-state index contributed by atoms with van der Waals surface area (Å²) in [5, 5.41) is 1.98. The summed E-state index contributed by atoms with van der Waals surface area (Å²) < 4.78 is 14.4. The third kappa shape index (κ3) is 2.42. The largest absolute Gasteiger partial charge is 0.326 e. The second-order valence-electron chi connectivity index (χ2n) is 3.28. The van der Waals surface area contributed by atoms with E-state index in [4.69, 9.17) is 5.73 Å². The number of hydrogen-bond donors (Lipinski definition) is 1. The second-order valence-corrected chi connectivity index (χ2v) is 5.42. The summed E-state index contributed by atoms with van der Waals surface area (Å²) >= 11 is 3.02. The van der Waals surface area contributed by atoms with Crippen molar-refractivity contribution in [3.05, 3.63) is 40.7 Å². The van der Waals surface area contributed by atoms with Crippen molar-refractivity contribution in [2.75, 3.05) is 0 Å². The van der Waals surface area contributed by atoms with E-state index in [9.17, 15) is 4.39 Å². The number of nitrogens with two attached hydrogens (primary N) is 1. The van der Waals surface area contributed by atoms with Crippen LogP contribution < -0.4 is 5.73 Å². The van der Waals surface area contributed by atoms with Crippen molar-refractivity contribution in [1.82, 2.24) is 4.98 Å². The summed E-state index contributed by atoms with van der Waals surface area (Å²) in [5.41, 5.74) is 7.08. The third-order valence-corrected chi connectivity index (χ3v) is 4.23. The molecule has 0 atom stereocenters. The zero-order valence-corrected chi connectivity index (χ0v) is 10.4. The van der Waals surface area contributed by atoms with Gasteiger partial charge in [-0.05, 0) is 19.1 Å². The normalized spacial score (nSPS) is 10.7. The Labute approximate surface area is 102 Å². The van der Waals surface area contributed by atoms with Gasteiger partial charge in [0.05, 0.1) is 0 Å². The van der Waals surface area contributed by atoms with E-state index in [1.54, 1.807) is 17.4 Å². The number of aryl methyl sites for hydroxylation is 1. The number of benzene rings is 1. The lowest BCUT2D eigenvalue weighted by Gasteiger charge is -2.06. The molecule has 2 rings (SSSR count). The molecule has 1 aromatic heterocycles. The van der Waals surface area contributed by atoms with Crippen LogP contribution in [0.4, 0.5) is 4.39 Å². The van der Waals surface area contributed by atoms with Crippen LogP contribution in [0.1, 0.15) is 11.3 Å². The summed E-state index contributed by atoms with van der Waals surface area (Å²) in [4.78, 5) is 5.17. The van der Waals surface area contributed by atoms with Crippen LogP contribution in [0.5, 0.6) is 0 Å². The molecule has 0 aliphatic rings. The van der Waals surface area contributed by atoms with Crippen LogP contribution in [0, 0.1) is 12.7 Å². The molecule has 1 aromatic carbocycles. The standard InChI is InChI=1S/C11H11FN2S2/c1-7-6-15-11(14-7)16-10-4-2-3-9(12)8(10)5-13/h2-4,6H,5,13H2,1H3. The molecule has 0 saturated heterocycles. The summed E-state index contributed by atoms with van der Waals surface area (Å²) in [7, 11) is 0. The Balaban J connectivity index is 2.30. The van der Waals surface area contributed by atoms with Gasteiger partial charge in [-0.1, -0.05) is 17.8 Å². The van der Waals surface area contributed by atoms with Crippen molar-refractivity contribution in [1.29, 1.82) is 0 Å². The van der Waals surface area contributed by atoms with E-state index in [1.165, 1.54) is 17.8 Å². The first kappa shape index (κ1) is 11.6. The van der Waals surface area contributed by atoms with Gasteiger partial charge in [-0.3, -0.25) is 0 Å². The Hall–Kier alpha value is -0.910. The van der Waals surface area contributed by atoms with E-state index < -0.39 is 0 Å². The Morgan fingerprint density at radius 3 is 2.94 bits per heavy atom. The molecule has 2 N–H and O–H groups in total. The molecule has 0 aliphatic carbocycles. The SMILES string of the molecule is Cc1csc(Sc2cccc(F)c2CN)n1. The molecule has 0 saturated carbocycles. The molecule has 0 unspecified atom stereocenters. The molecule has 0 radical (unpaired) electrons. The Morgan fingerprint density at radius 2 is 2.31 bits per heavy atom. The van der Waals surface area contributed by atoms with Crippen LogP contribution in [0.25, 0.3) is 0 Å². The minimum Gasteiger partial charge on any atom is -0.326 e. The van der Waals surface area contributed by atoms with Gasteiger partial charge in [-0.2, -0.15) is 0 Å². The van der Waals surface area contributed by atoms with Crippen LogP contribution in [0.3, 0.4) is 0 Å². The summed E-state index contributed by atoms with van der Waals surface area (Å²) in [6.07, 6.45) is 0. The van der Waals surface area contributed by atoms with Crippen LogP contribution in [0.2, 0.25) is 0 Å². The fourth-order valence-electron chi connectivity index (χ4n) is 1.31. The van der Waals surface area contributed by atoms with Crippen molar-refractivity contribution in [2.24, 2.45) is 5.73 Å². The predicted octanol–water partition coefficient (Wildman–Crippen LogP) is 3.20. The van der Waals surface area contributed by atoms with Gasteiger partial charge in [0.25, 0.3) is 0 Å².